The minimum atomic E-state index is 0.101. The van der Waals surface area contributed by atoms with Gasteiger partial charge in [-0.2, -0.15) is 0 Å². The van der Waals surface area contributed by atoms with E-state index in [0.29, 0.717) is 12.2 Å². The Balaban J connectivity index is 1.41. The molecule has 1 aliphatic rings. The molecule has 1 amide bonds. The zero-order valence-electron chi connectivity index (χ0n) is 14.9. The number of carbonyl (C=O) groups excluding carboxylic acids is 1. The highest BCUT2D eigenvalue weighted by molar-refractivity contribution is 5.91. The highest BCUT2D eigenvalue weighted by Crippen LogP contribution is 2.27. The summed E-state index contributed by atoms with van der Waals surface area (Å²) in [5, 5.41) is 3.04. The molecule has 0 aliphatic heterocycles. The molecular formula is C21H24N4O. The maximum Gasteiger partial charge on any atom is 0.234 e. The van der Waals surface area contributed by atoms with Crippen molar-refractivity contribution in [2.75, 3.05) is 5.32 Å². The number of carbonyl (C=O) groups is 1. The molecule has 0 radical (unpaired) electrons. The number of rotatable bonds is 5. The summed E-state index contributed by atoms with van der Waals surface area (Å²) in [6.45, 7) is 0. The van der Waals surface area contributed by atoms with Crippen molar-refractivity contribution in [3.8, 4) is 11.3 Å². The molecule has 134 valence electrons. The van der Waals surface area contributed by atoms with Crippen molar-refractivity contribution in [3.05, 3.63) is 48.9 Å². The zero-order valence-corrected chi connectivity index (χ0v) is 14.9. The summed E-state index contributed by atoms with van der Waals surface area (Å²) in [6, 6.07) is 9.72. The van der Waals surface area contributed by atoms with E-state index in [1.54, 1.807) is 6.20 Å². The van der Waals surface area contributed by atoms with E-state index in [9.17, 15) is 4.79 Å². The third kappa shape index (κ3) is 3.93. The number of amides is 1. The van der Waals surface area contributed by atoms with Crippen LogP contribution in [0, 0.1) is 5.92 Å². The lowest BCUT2D eigenvalue weighted by Gasteiger charge is -2.21. The number of nitrogens with zero attached hydrogens (tertiary/aromatic N) is 3. The zero-order chi connectivity index (χ0) is 17.8. The van der Waals surface area contributed by atoms with Gasteiger partial charge in [0, 0.05) is 36.3 Å². The topological polar surface area (TPSA) is 59.3 Å². The lowest BCUT2D eigenvalue weighted by molar-refractivity contribution is -0.116. The fraction of sp³-hybridized carbons (Fsp3) is 0.381. The summed E-state index contributed by atoms with van der Waals surface area (Å²) in [4.78, 5) is 21.1. The molecule has 1 saturated carbocycles. The normalized spacial score (nSPS) is 15.2. The predicted octanol–water partition coefficient (Wildman–Crippen LogP) is 4.70. The molecule has 0 atom stereocenters. The summed E-state index contributed by atoms with van der Waals surface area (Å²) in [7, 11) is 0. The van der Waals surface area contributed by atoms with Crippen LogP contribution in [-0.2, 0) is 4.79 Å². The Morgan fingerprint density at radius 3 is 2.92 bits per heavy atom. The second kappa shape index (κ2) is 7.68. The van der Waals surface area contributed by atoms with Gasteiger partial charge in [-0.3, -0.25) is 9.20 Å². The van der Waals surface area contributed by atoms with Crippen LogP contribution >= 0.6 is 0 Å². The van der Waals surface area contributed by atoms with E-state index < -0.39 is 0 Å². The van der Waals surface area contributed by atoms with Crippen LogP contribution in [0.1, 0.15) is 44.9 Å². The molecule has 0 bridgehead atoms. The van der Waals surface area contributed by atoms with Gasteiger partial charge < -0.3 is 5.32 Å². The van der Waals surface area contributed by atoms with E-state index in [4.69, 9.17) is 0 Å². The Bertz CT molecular complexity index is 863. The fourth-order valence-electron chi connectivity index (χ4n) is 3.76. The maximum absolute atomic E-state index is 12.3. The lowest BCUT2D eigenvalue weighted by atomic mass is 9.86. The number of aromatic nitrogens is 3. The van der Waals surface area contributed by atoms with E-state index in [0.717, 1.165) is 29.3 Å². The molecule has 1 N–H and O–H groups in total. The molecule has 2 heterocycles. The van der Waals surface area contributed by atoms with Gasteiger partial charge in [-0.15, -0.1) is 0 Å². The minimum Gasteiger partial charge on any atom is -0.326 e. The van der Waals surface area contributed by atoms with Gasteiger partial charge in [-0.05, 0) is 30.5 Å². The lowest BCUT2D eigenvalue weighted by Crippen LogP contribution is -2.14. The van der Waals surface area contributed by atoms with E-state index in [2.05, 4.69) is 15.3 Å². The van der Waals surface area contributed by atoms with Crippen LogP contribution in [0.2, 0.25) is 0 Å². The van der Waals surface area contributed by atoms with Gasteiger partial charge in [-0.1, -0.05) is 44.2 Å². The molecular weight excluding hydrogens is 324 g/mol. The maximum atomic E-state index is 12.3. The van der Waals surface area contributed by atoms with Crippen molar-refractivity contribution < 1.29 is 4.79 Å². The number of anilines is 1. The Kier molecular flexibility index (Phi) is 4.95. The number of imidazole rings is 1. The van der Waals surface area contributed by atoms with Gasteiger partial charge in [0.2, 0.25) is 11.7 Å². The first-order valence-corrected chi connectivity index (χ1v) is 9.48. The molecule has 0 saturated heterocycles. The summed E-state index contributed by atoms with van der Waals surface area (Å²) < 4.78 is 1.89. The van der Waals surface area contributed by atoms with Crippen LogP contribution < -0.4 is 5.32 Å². The molecule has 0 unspecified atom stereocenters. The smallest absolute Gasteiger partial charge is 0.234 e. The number of fused-ring (bicyclic) bond motifs is 1. The van der Waals surface area contributed by atoms with Crippen molar-refractivity contribution in [1.82, 2.24) is 14.4 Å². The van der Waals surface area contributed by atoms with Crippen LogP contribution in [0.15, 0.2) is 48.9 Å². The second-order valence-electron chi connectivity index (χ2n) is 7.12. The van der Waals surface area contributed by atoms with E-state index in [1.807, 2.05) is 47.1 Å². The second-order valence-corrected chi connectivity index (χ2v) is 7.12. The van der Waals surface area contributed by atoms with Gasteiger partial charge in [0.1, 0.15) is 0 Å². The van der Waals surface area contributed by atoms with Crippen molar-refractivity contribution in [2.24, 2.45) is 5.92 Å². The predicted molar refractivity (Wildman–Crippen MR) is 103 cm³/mol. The van der Waals surface area contributed by atoms with Gasteiger partial charge >= 0.3 is 0 Å². The standard InChI is InChI=1S/C21H24N4O/c26-20(11-10-16-6-2-1-3-7-16)23-18-9-4-8-17(14-18)19-15-25-13-5-12-22-21(25)24-19/h4-5,8-9,12-16H,1-3,6-7,10-11H2,(H,23,26). The van der Waals surface area contributed by atoms with E-state index in [-0.39, 0.29) is 5.91 Å². The first-order valence-electron chi connectivity index (χ1n) is 9.48. The van der Waals surface area contributed by atoms with Crippen molar-refractivity contribution in [2.45, 2.75) is 44.9 Å². The first-order chi connectivity index (χ1) is 12.8. The average molecular weight is 348 g/mol. The summed E-state index contributed by atoms with van der Waals surface area (Å²) in [6.07, 6.45) is 13.8. The largest absolute Gasteiger partial charge is 0.326 e. The van der Waals surface area contributed by atoms with Gasteiger partial charge in [-0.25, -0.2) is 9.97 Å². The number of benzene rings is 1. The Hall–Kier alpha value is -2.69. The first kappa shape index (κ1) is 16.8. The molecule has 5 nitrogen and oxygen atoms in total. The van der Waals surface area contributed by atoms with Crippen LogP contribution in [-0.4, -0.2) is 20.3 Å². The van der Waals surface area contributed by atoms with Crippen molar-refractivity contribution in [1.29, 1.82) is 0 Å². The third-order valence-electron chi connectivity index (χ3n) is 5.18. The Labute approximate surface area is 153 Å². The minimum absolute atomic E-state index is 0.101. The quantitative estimate of drug-likeness (QED) is 0.727. The monoisotopic (exact) mass is 348 g/mol. The fourth-order valence-corrected chi connectivity index (χ4v) is 3.76. The molecule has 0 spiro atoms. The van der Waals surface area contributed by atoms with Crippen molar-refractivity contribution in [3.63, 3.8) is 0 Å². The molecule has 1 aliphatic carbocycles. The summed E-state index contributed by atoms with van der Waals surface area (Å²) in [5.74, 6) is 1.50. The molecule has 1 fully saturated rings. The molecule has 1 aromatic carbocycles. The van der Waals surface area contributed by atoms with Crippen molar-refractivity contribution >= 4 is 17.4 Å². The van der Waals surface area contributed by atoms with Gasteiger partial charge in [0.15, 0.2) is 0 Å². The number of hydrogen-bond acceptors (Lipinski definition) is 3. The summed E-state index contributed by atoms with van der Waals surface area (Å²) >= 11 is 0. The molecule has 4 rings (SSSR count). The molecule has 3 aromatic rings. The van der Waals surface area contributed by atoms with Crippen LogP contribution in [0.3, 0.4) is 0 Å². The SMILES string of the molecule is O=C(CCC1CCCCC1)Nc1cccc(-c2cn3cccnc3n2)c1. The number of hydrogen-bond donors (Lipinski definition) is 1. The summed E-state index contributed by atoms with van der Waals surface area (Å²) in [5.41, 5.74) is 2.64. The van der Waals surface area contributed by atoms with Crippen LogP contribution in [0.25, 0.3) is 17.0 Å². The van der Waals surface area contributed by atoms with Gasteiger partial charge in [0.05, 0.1) is 5.69 Å². The van der Waals surface area contributed by atoms with E-state index in [1.165, 1.54) is 32.1 Å². The third-order valence-corrected chi connectivity index (χ3v) is 5.18. The number of nitrogens with one attached hydrogen (secondary N) is 1. The Morgan fingerprint density at radius 1 is 1.19 bits per heavy atom. The average Bonchev–Trinajstić information content (AvgIpc) is 3.12. The highest BCUT2D eigenvalue weighted by atomic mass is 16.1. The van der Waals surface area contributed by atoms with Crippen LogP contribution in [0.5, 0.6) is 0 Å². The van der Waals surface area contributed by atoms with Gasteiger partial charge in [0.25, 0.3) is 0 Å². The van der Waals surface area contributed by atoms with Crippen LogP contribution in [0.4, 0.5) is 5.69 Å². The van der Waals surface area contributed by atoms with E-state index >= 15 is 0 Å². The molecule has 5 heteroatoms. The molecule has 26 heavy (non-hydrogen) atoms. The Morgan fingerprint density at radius 2 is 2.08 bits per heavy atom. The highest BCUT2D eigenvalue weighted by Gasteiger charge is 2.15. The molecule has 2 aromatic heterocycles.